The lowest BCUT2D eigenvalue weighted by Crippen LogP contribution is -2.38. The van der Waals surface area contributed by atoms with E-state index >= 15 is 0 Å². The van der Waals surface area contributed by atoms with Gasteiger partial charge in [0.25, 0.3) is 15.7 Å². The lowest BCUT2D eigenvalue weighted by atomic mass is 10.1. The summed E-state index contributed by atoms with van der Waals surface area (Å²) in [6, 6.07) is 17.2. The Bertz CT molecular complexity index is 1260. The van der Waals surface area contributed by atoms with Crippen molar-refractivity contribution in [2.45, 2.75) is 18.7 Å². The molecule has 166 valence electrons. The number of hydrogen-bond acceptors (Lipinski definition) is 5. The highest BCUT2D eigenvalue weighted by molar-refractivity contribution is 9.10. The summed E-state index contributed by atoms with van der Waals surface area (Å²) in [6.45, 7) is 2.85. The lowest BCUT2D eigenvalue weighted by Gasteiger charge is -2.24. The number of carbonyl (C=O) groups excluding carboxylic acids is 1. The minimum atomic E-state index is -4.05. The van der Waals surface area contributed by atoms with Crippen LogP contribution in [0.5, 0.6) is 0 Å². The molecule has 1 amide bonds. The Hall–Kier alpha value is -3.24. The van der Waals surface area contributed by atoms with E-state index < -0.39 is 27.4 Å². The van der Waals surface area contributed by atoms with Crippen LogP contribution in [0.25, 0.3) is 0 Å². The standard InChI is InChI=1S/C22H20BrN3O5S/c1-15-6-12-19(13-7-15)32(30,31)25(18-10-8-17(23)9-11-18)14-22(27)24-20-4-3-5-21(16(20)2)26(28)29/h3-13H,14H2,1-2H3,(H,24,27). The zero-order valence-corrected chi connectivity index (χ0v) is 19.7. The highest BCUT2D eigenvalue weighted by Crippen LogP contribution is 2.27. The number of nitro groups is 1. The SMILES string of the molecule is Cc1ccc(S(=O)(=O)N(CC(=O)Nc2cccc([N+](=O)[O-])c2C)c2ccc(Br)cc2)cc1. The molecule has 3 aromatic carbocycles. The number of sulfonamides is 1. The number of aryl methyl sites for hydroxylation is 1. The zero-order valence-electron chi connectivity index (χ0n) is 17.3. The van der Waals surface area contributed by atoms with E-state index in [1.807, 2.05) is 6.92 Å². The van der Waals surface area contributed by atoms with E-state index in [1.54, 1.807) is 36.4 Å². The number of rotatable bonds is 7. The maximum Gasteiger partial charge on any atom is 0.274 e. The Morgan fingerprint density at radius 2 is 1.66 bits per heavy atom. The highest BCUT2D eigenvalue weighted by atomic mass is 79.9. The normalized spacial score (nSPS) is 11.1. The second-order valence-electron chi connectivity index (χ2n) is 7.06. The molecule has 0 aliphatic carbocycles. The van der Waals surface area contributed by atoms with Crippen molar-refractivity contribution >= 4 is 48.9 Å². The number of anilines is 2. The fourth-order valence-corrected chi connectivity index (χ4v) is 4.72. The first-order valence-electron chi connectivity index (χ1n) is 9.48. The monoisotopic (exact) mass is 517 g/mol. The maximum absolute atomic E-state index is 13.4. The molecule has 0 bridgehead atoms. The molecule has 0 saturated heterocycles. The largest absolute Gasteiger partial charge is 0.324 e. The van der Waals surface area contributed by atoms with E-state index in [-0.39, 0.29) is 21.8 Å². The van der Waals surface area contributed by atoms with Gasteiger partial charge in [-0.3, -0.25) is 19.2 Å². The quantitative estimate of drug-likeness (QED) is 0.357. The third-order valence-corrected chi connectivity index (χ3v) is 7.10. The van der Waals surface area contributed by atoms with Crippen molar-refractivity contribution in [1.29, 1.82) is 0 Å². The molecule has 1 N–H and O–H groups in total. The summed E-state index contributed by atoms with van der Waals surface area (Å²) in [5, 5.41) is 13.8. The lowest BCUT2D eigenvalue weighted by molar-refractivity contribution is -0.385. The molecule has 0 aliphatic heterocycles. The predicted octanol–water partition coefficient (Wildman–Crippen LogP) is 4.81. The van der Waals surface area contributed by atoms with Gasteiger partial charge in [0.2, 0.25) is 5.91 Å². The number of hydrogen-bond donors (Lipinski definition) is 1. The summed E-state index contributed by atoms with van der Waals surface area (Å²) >= 11 is 3.32. The Morgan fingerprint density at radius 3 is 2.25 bits per heavy atom. The van der Waals surface area contributed by atoms with Crippen LogP contribution in [0.2, 0.25) is 0 Å². The second kappa shape index (κ2) is 9.49. The zero-order chi connectivity index (χ0) is 23.5. The van der Waals surface area contributed by atoms with Crippen molar-refractivity contribution < 1.29 is 18.1 Å². The van der Waals surface area contributed by atoms with Gasteiger partial charge >= 0.3 is 0 Å². The molecule has 0 unspecified atom stereocenters. The number of amides is 1. The summed E-state index contributed by atoms with van der Waals surface area (Å²) in [5.41, 5.74) is 1.59. The number of halogens is 1. The van der Waals surface area contributed by atoms with Gasteiger partial charge in [-0.2, -0.15) is 0 Å². The van der Waals surface area contributed by atoms with Crippen molar-refractivity contribution in [2.24, 2.45) is 0 Å². The maximum atomic E-state index is 13.4. The van der Waals surface area contributed by atoms with Gasteiger partial charge in [-0.15, -0.1) is 0 Å². The van der Waals surface area contributed by atoms with Crippen LogP contribution >= 0.6 is 15.9 Å². The molecule has 0 aliphatic rings. The van der Waals surface area contributed by atoms with Crippen LogP contribution in [-0.4, -0.2) is 25.8 Å². The number of benzene rings is 3. The average Bonchev–Trinajstić information content (AvgIpc) is 2.74. The first-order chi connectivity index (χ1) is 15.1. The van der Waals surface area contributed by atoms with Crippen molar-refractivity contribution in [3.05, 3.63) is 92.4 Å². The van der Waals surface area contributed by atoms with E-state index in [2.05, 4.69) is 21.2 Å². The van der Waals surface area contributed by atoms with Crippen LogP contribution in [0.1, 0.15) is 11.1 Å². The molecule has 32 heavy (non-hydrogen) atoms. The van der Waals surface area contributed by atoms with Gasteiger partial charge < -0.3 is 5.32 Å². The number of nitrogens with zero attached hydrogens (tertiary/aromatic N) is 2. The van der Waals surface area contributed by atoms with E-state index in [1.165, 1.54) is 37.3 Å². The molecule has 3 aromatic rings. The van der Waals surface area contributed by atoms with Crippen LogP contribution in [0.4, 0.5) is 17.1 Å². The highest BCUT2D eigenvalue weighted by Gasteiger charge is 2.27. The molecular formula is C22H20BrN3O5S. The van der Waals surface area contributed by atoms with Crippen LogP contribution in [0.15, 0.2) is 76.1 Å². The van der Waals surface area contributed by atoms with Gasteiger partial charge in [0.1, 0.15) is 6.54 Å². The molecule has 0 atom stereocenters. The first kappa shape index (κ1) is 23.4. The molecule has 0 spiro atoms. The Morgan fingerprint density at radius 1 is 1.03 bits per heavy atom. The van der Waals surface area contributed by atoms with Gasteiger partial charge in [-0.05, 0) is 56.3 Å². The number of nitrogens with one attached hydrogen (secondary N) is 1. The molecule has 0 radical (unpaired) electrons. The predicted molar refractivity (Wildman–Crippen MR) is 126 cm³/mol. The first-order valence-corrected chi connectivity index (χ1v) is 11.7. The van der Waals surface area contributed by atoms with Crippen molar-refractivity contribution in [1.82, 2.24) is 0 Å². The molecule has 0 aromatic heterocycles. The molecule has 0 saturated carbocycles. The van der Waals surface area contributed by atoms with Gasteiger partial charge in [-0.25, -0.2) is 8.42 Å². The third kappa shape index (κ3) is 5.14. The summed E-state index contributed by atoms with van der Waals surface area (Å²) in [4.78, 5) is 23.5. The van der Waals surface area contributed by atoms with Crippen molar-refractivity contribution in [2.75, 3.05) is 16.2 Å². The summed E-state index contributed by atoms with van der Waals surface area (Å²) < 4.78 is 28.5. The molecule has 10 heteroatoms. The van der Waals surface area contributed by atoms with Crippen molar-refractivity contribution in [3.8, 4) is 0 Å². The van der Waals surface area contributed by atoms with Crippen LogP contribution in [0.3, 0.4) is 0 Å². The summed E-state index contributed by atoms with van der Waals surface area (Å²) in [7, 11) is -4.05. The smallest absolute Gasteiger partial charge is 0.274 e. The summed E-state index contributed by atoms with van der Waals surface area (Å²) in [6.07, 6.45) is 0. The average molecular weight is 518 g/mol. The fraction of sp³-hybridized carbons (Fsp3) is 0.136. The van der Waals surface area contributed by atoms with E-state index in [0.29, 0.717) is 5.69 Å². The molecule has 0 heterocycles. The fourth-order valence-electron chi connectivity index (χ4n) is 3.04. The number of nitro benzene ring substituents is 1. The minimum absolute atomic E-state index is 0.0466. The van der Waals surface area contributed by atoms with Crippen LogP contribution in [0, 0.1) is 24.0 Å². The summed E-state index contributed by atoms with van der Waals surface area (Å²) in [5.74, 6) is -0.632. The van der Waals surface area contributed by atoms with Gasteiger partial charge in [0.05, 0.1) is 26.8 Å². The van der Waals surface area contributed by atoms with E-state index in [9.17, 15) is 23.3 Å². The molecule has 0 fully saturated rings. The molecule has 3 rings (SSSR count). The van der Waals surface area contributed by atoms with Crippen LogP contribution < -0.4 is 9.62 Å². The topological polar surface area (TPSA) is 110 Å². The van der Waals surface area contributed by atoms with Gasteiger partial charge in [-0.1, -0.05) is 39.7 Å². The minimum Gasteiger partial charge on any atom is -0.324 e. The Balaban J connectivity index is 1.95. The number of carbonyl (C=O) groups is 1. The Kier molecular flexibility index (Phi) is 6.95. The van der Waals surface area contributed by atoms with Gasteiger partial charge in [0.15, 0.2) is 0 Å². The van der Waals surface area contributed by atoms with E-state index in [0.717, 1.165) is 14.3 Å². The van der Waals surface area contributed by atoms with Crippen LogP contribution in [-0.2, 0) is 14.8 Å². The molecule has 8 nitrogen and oxygen atoms in total. The molecular weight excluding hydrogens is 498 g/mol. The van der Waals surface area contributed by atoms with Crippen molar-refractivity contribution in [3.63, 3.8) is 0 Å². The Labute approximate surface area is 194 Å². The third-order valence-electron chi connectivity index (χ3n) is 4.79. The van der Waals surface area contributed by atoms with E-state index in [4.69, 9.17) is 0 Å². The van der Waals surface area contributed by atoms with Gasteiger partial charge in [0, 0.05) is 10.5 Å². The second-order valence-corrected chi connectivity index (χ2v) is 9.83.